The van der Waals surface area contributed by atoms with Gasteiger partial charge in [-0.05, 0) is 36.4 Å². The molecule has 0 saturated heterocycles. The molecule has 0 aliphatic rings. The van der Waals surface area contributed by atoms with Crippen LogP contribution in [-0.4, -0.2) is 5.91 Å². The predicted molar refractivity (Wildman–Crippen MR) is 93.7 cm³/mol. The molecule has 126 valence electrons. The van der Waals surface area contributed by atoms with Crippen molar-refractivity contribution in [1.29, 1.82) is 0 Å². The first-order valence-corrected chi connectivity index (χ1v) is 8.14. The van der Waals surface area contributed by atoms with Crippen molar-refractivity contribution < 1.29 is 18.0 Å². The van der Waals surface area contributed by atoms with Crippen LogP contribution in [-0.2, 0) is 4.79 Å². The average Bonchev–Trinajstić information content (AvgIpc) is 3.06. The molecule has 1 amide bonds. The van der Waals surface area contributed by atoms with E-state index in [9.17, 15) is 18.0 Å². The van der Waals surface area contributed by atoms with Gasteiger partial charge in [0.25, 0.3) is 0 Å². The van der Waals surface area contributed by atoms with Crippen LogP contribution in [0.15, 0.2) is 60.7 Å². The summed E-state index contributed by atoms with van der Waals surface area (Å²) in [6, 6.07) is 13.5. The highest BCUT2D eigenvalue weighted by Gasteiger charge is 2.09. The van der Waals surface area contributed by atoms with Crippen LogP contribution in [0.5, 0.6) is 0 Å². The Morgan fingerprint density at radius 1 is 0.920 bits per heavy atom. The highest BCUT2D eigenvalue weighted by Crippen LogP contribution is 2.30. The first-order chi connectivity index (χ1) is 12.0. The summed E-state index contributed by atoms with van der Waals surface area (Å²) in [5.74, 6) is -3.05. The molecular weight excluding hydrogens is 347 g/mol. The summed E-state index contributed by atoms with van der Waals surface area (Å²) < 4.78 is 40.4. The van der Waals surface area contributed by atoms with E-state index in [2.05, 4.69) is 5.32 Å². The van der Waals surface area contributed by atoms with E-state index < -0.39 is 17.5 Å². The summed E-state index contributed by atoms with van der Waals surface area (Å²) in [5.41, 5.74) is 0.256. The molecule has 1 N–H and O–H groups in total. The van der Waals surface area contributed by atoms with Gasteiger partial charge in [0, 0.05) is 21.4 Å². The molecule has 0 fully saturated rings. The van der Waals surface area contributed by atoms with Crippen molar-refractivity contribution in [3.63, 3.8) is 0 Å². The maximum absolute atomic E-state index is 13.8. The largest absolute Gasteiger partial charge is 0.320 e. The summed E-state index contributed by atoms with van der Waals surface area (Å²) in [4.78, 5) is 13.3. The molecular formula is C19H12F3NOS. The monoisotopic (exact) mass is 359 g/mol. The fourth-order valence-electron chi connectivity index (χ4n) is 2.18. The molecule has 3 aromatic rings. The Labute approximate surface area is 146 Å². The molecule has 2 aromatic carbocycles. The van der Waals surface area contributed by atoms with Crippen molar-refractivity contribution in [3.8, 4) is 10.4 Å². The van der Waals surface area contributed by atoms with Gasteiger partial charge < -0.3 is 5.32 Å². The zero-order valence-corrected chi connectivity index (χ0v) is 13.6. The lowest BCUT2D eigenvalue weighted by atomic mass is 10.2. The first-order valence-electron chi connectivity index (χ1n) is 7.32. The Hall–Kier alpha value is -2.86. The second-order valence-corrected chi connectivity index (χ2v) is 6.22. The number of nitrogens with one attached hydrogen (secondary N) is 1. The van der Waals surface area contributed by atoms with Gasteiger partial charge in [-0.15, -0.1) is 11.3 Å². The molecule has 0 unspecified atom stereocenters. The third-order valence-electron chi connectivity index (χ3n) is 3.37. The number of anilines is 1. The molecule has 0 spiro atoms. The van der Waals surface area contributed by atoms with E-state index >= 15 is 0 Å². The van der Waals surface area contributed by atoms with E-state index in [1.165, 1.54) is 41.7 Å². The van der Waals surface area contributed by atoms with Gasteiger partial charge in [0.1, 0.15) is 5.82 Å². The number of hydrogen-bond donors (Lipinski definition) is 1. The number of benzene rings is 2. The second kappa shape index (κ2) is 7.36. The van der Waals surface area contributed by atoms with Gasteiger partial charge in [0.05, 0.1) is 5.69 Å². The van der Waals surface area contributed by atoms with Crippen LogP contribution in [0.4, 0.5) is 18.9 Å². The van der Waals surface area contributed by atoms with Gasteiger partial charge in [0.2, 0.25) is 5.91 Å². The summed E-state index contributed by atoms with van der Waals surface area (Å²) in [6.07, 6.45) is 2.74. The third-order valence-corrected chi connectivity index (χ3v) is 4.46. The van der Waals surface area contributed by atoms with Gasteiger partial charge in [-0.3, -0.25) is 4.79 Å². The molecule has 0 aliphatic carbocycles. The number of thiophene rings is 1. The van der Waals surface area contributed by atoms with Crippen molar-refractivity contribution in [2.75, 3.05) is 5.32 Å². The van der Waals surface area contributed by atoms with E-state index in [0.717, 1.165) is 15.8 Å². The lowest BCUT2D eigenvalue weighted by Crippen LogP contribution is -2.09. The molecule has 25 heavy (non-hydrogen) atoms. The van der Waals surface area contributed by atoms with E-state index in [1.54, 1.807) is 30.3 Å². The van der Waals surface area contributed by atoms with Crippen molar-refractivity contribution >= 4 is 29.0 Å². The van der Waals surface area contributed by atoms with Crippen molar-refractivity contribution in [2.24, 2.45) is 0 Å². The maximum atomic E-state index is 13.8. The molecule has 0 radical (unpaired) electrons. The molecule has 0 saturated carbocycles. The maximum Gasteiger partial charge on any atom is 0.248 e. The quantitative estimate of drug-likeness (QED) is 0.614. The smallest absolute Gasteiger partial charge is 0.248 e. The van der Waals surface area contributed by atoms with Crippen LogP contribution < -0.4 is 5.32 Å². The Bertz CT molecular complexity index is 949. The highest BCUT2D eigenvalue weighted by atomic mass is 32.1. The minimum absolute atomic E-state index is 0.229. The van der Waals surface area contributed by atoms with Crippen LogP contribution in [0.25, 0.3) is 16.5 Å². The zero-order chi connectivity index (χ0) is 17.8. The minimum Gasteiger partial charge on any atom is -0.320 e. The van der Waals surface area contributed by atoms with Crippen LogP contribution >= 0.6 is 11.3 Å². The predicted octanol–water partition coefficient (Wildman–Crippen LogP) is 5.48. The van der Waals surface area contributed by atoms with Crippen molar-refractivity contribution in [2.45, 2.75) is 0 Å². The summed E-state index contributed by atoms with van der Waals surface area (Å²) in [5, 5.41) is 2.27. The SMILES string of the molecule is O=C(C=Cc1ccc(-c2ccccc2F)s1)Nc1cccc(F)c1F. The van der Waals surface area contributed by atoms with Crippen LogP contribution in [0.1, 0.15) is 4.88 Å². The molecule has 2 nitrogen and oxygen atoms in total. The molecule has 0 aliphatic heterocycles. The van der Waals surface area contributed by atoms with E-state index in [0.29, 0.717) is 5.56 Å². The lowest BCUT2D eigenvalue weighted by molar-refractivity contribution is -0.111. The molecule has 0 bridgehead atoms. The average molecular weight is 359 g/mol. The lowest BCUT2D eigenvalue weighted by Gasteiger charge is -2.03. The number of carbonyl (C=O) groups is 1. The number of amides is 1. The number of carbonyl (C=O) groups excluding carboxylic acids is 1. The Balaban J connectivity index is 1.71. The third kappa shape index (κ3) is 3.97. The topological polar surface area (TPSA) is 29.1 Å². The van der Waals surface area contributed by atoms with E-state index in [1.807, 2.05) is 0 Å². The summed E-state index contributed by atoms with van der Waals surface area (Å²) in [7, 11) is 0. The molecule has 1 heterocycles. The van der Waals surface area contributed by atoms with Gasteiger partial charge in [-0.2, -0.15) is 0 Å². The number of hydrogen-bond acceptors (Lipinski definition) is 2. The normalized spacial score (nSPS) is 11.0. The molecule has 6 heteroatoms. The van der Waals surface area contributed by atoms with Gasteiger partial charge in [-0.1, -0.05) is 24.3 Å². The fraction of sp³-hybridized carbons (Fsp3) is 0. The standard InChI is InChI=1S/C19H12F3NOS/c20-14-5-2-1-4-13(14)17-10-8-12(25-17)9-11-18(24)23-16-7-3-6-15(21)19(16)22/h1-11H,(H,23,24). The minimum atomic E-state index is -1.11. The number of halogens is 3. The molecule has 1 aromatic heterocycles. The van der Waals surface area contributed by atoms with Gasteiger partial charge >= 0.3 is 0 Å². The Morgan fingerprint density at radius 3 is 2.48 bits per heavy atom. The Kier molecular flexibility index (Phi) is 5.00. The highest BCUT2D eigenvalue weighted by molar-refractivity contribution is 7.16. The van der Waals surface area contributed by atoms with Crippen molar-refractivity contribution in [1.82, 2.24) is 0 Å². The zero-order valence-electron chi connectivity index (χ0n) is 12.8. The molecule has 3 rings (SSSR count). The van der Waals surface area contributed by atoms with Gasteiger partial charge in [0.15, 0.2) is 11.6 Å². The van der Waals surface area contributed by atoms with E-state index in [4.69, 9.17) is 0 Å². The Morgan fingerprint density at radius 2 is 1.68 bits per heavy atom. The van der Waals surface area contributed by atoms with Crippen LogP contribution in [0.3, 0.4) is 0 Å². The summed E-state index contributed by atoms with van der Waals surface area (Å²) >= 11 is 1.31. The first kappa shape index (κ1) is 17.0. The molecule has 0 atom stereocenters. The number of rotatable bonds is 4. The van der Waals surface area contributed by atoms with Crippen LogP contribution in [0, 0.1) is 17.5 Å². The van der Waals surface area contributed by atoms with Gasteiger partial charge in [-0.25, -0.2) is 13.2 Å². The van der Waals surface area contributed by atoms with E-state index in [-0.39, 0.29) is 11.5 Å². The fourth-order valence-corrected chi connectivity index (χ4v) is 3.12. The summed E-state index contributed by atoms with van der Waals surface area (Å²) in [6.45, 7) is 0. The second-order valence-electron chi connectivity index (χ2n) is 5.11. The van der Waals surface area contributed by atoms with Crippen LogP contribution in [0.2, 0.25) is 0 Å². The van der Waals surface area contributed by atoms with Crippen molar-refractivity contribution in [3.05, 3.63) is 83.0 Å².